The van der Waals surface area contributed by atoms with Gasteiger partial charge in [0.1, 0.15) is 17.2 Å². The van der Waals surface area contributed by atoms with Crippen LogP contribution in [0.5, 0.6) is 0 Å². The van der Waals surface area contributed by atoms with E-state index >= 15 is 0 Å². The zero-order chi connectivity index (χ0) is 11.5. The summed E-state index contributed by atoms with van der Waals surface area (Å²) < 4.78 is 1.67. The Kier molecular flexibility index (Phi) is 2.91. The van der Waals surface area contributed by atoms with E-state index in [0.717, 1.165) is 10.2 Å². The Morgan fingerprint density at radius 3 is 2.88 bits per heavy atom. The normalized spacial score (nSPS) is 10.4. The molecule has 0 aliphatic rings. The molecule has 0 aliphatic heterocycles. The molecule has 0 fully saturated rings. The minimum Gasteiger partial charge on any atom is -0.373 e. The molecule has 0 aromatic carbocycles. The second-order valence-electron chi connectivity index (χ2n) is 2.97. The fourth-order valence-electron chi connectivity index (χ4n) is 1.09. The summed E-state index contributed by atoms with van der Waals surface area (Å²) in [6.07, 6.45) is 1.49. The number of anilines is 2. The van der Waals surface area contributed by atoms with Gasteiger partial charge in [0.05, 0.1) is 0 Å². The Balaban J connectivity index is 2.28. The Labute approximate surface area is 96.5 Å². The van der Waals surface area contributed by atoms with E-state index in [1.807, 2.05) is 7.05 Å². The molecule has 84 valence electrons. The molecule has 16 heavy (non-hydrogen) atoms. The van der Waals surface area contributed by atoms with Crippen LogP contribution in [-0.2, 0) is 7.05 Å². The van der Waals surface area contributed by atoms with Crippen LogP contribution < -0.4 is 11.1 Å². The van der Waals surface area contributed by atoms with Crippen LogP contribution in [0.2, 0.25) is 0 Å². The number of nitrogens with two attached hydrogens (primary N) is 1. The summed E-state index contributed by atoms with van der Waals surface area (Å²) in [4.78, 5) is 12.2. The number of hydrogen-bond donors (Lipinski definition) is 2. The van der Waals surface area contributed by atoms with Crippen molar-refractivity contribution >= 4 is 23.5 Å². The average Bonchev–Trinajstić information content (AvgIpc) is 2.63. The second-order valence-corrected chi connectivity index (χ2v) is 3.96. The van der Waals surface area contributed by atoms with Gasteiger partial charge in [-0.3, -0.25) is 0 Å². The Bertz CT molecular complexity index is 495. The van der Waals surface area contributed by atoms with Gasteiger partial charge in [0.2, 0.25) is 5.95 Å². The monoisotopic (exact) mass is 237 g/mol. The standard InChI is InChI=1S/C8H11N7S/c1-10-5-3-6(14-7(9)13-5)16-8-11-4-12-15(8)2/h3-4H,1-2H3,(H3,9,10,13,14). The first-order valence-electron chi connectivity index (χ1n) is 4.53. The van der Waals surface area contributed by atoms with Gasteiger partial charge in [-0.15, -0.1) is 0 Å². The fourth-order valence-corrected chi connectivity index (χ4v) is 1.87. The second kappa shape index (κ2) is 4.35. The molecule has 0 spiro atoms. The van der Waals surface area contributed by atoms with Crippen LogP contribution in [-0.4, -0.2) is 31.8 Å². The number of aryl methyl sites for hydroxylation is 1. The molecule has 0 atom stereocenters. The van der Waals surface area contributed by atoms with Gasteiger partial charge < -0.3 is 11.1 Å². The van der Waals surface area contributed by atoms with E-state index in [4.69, 9.17) is 5.73 Å². The van der Waals surface area contributed by atoms with Crippen LogP contribution in [0.4, 0.5) is 11.8 Å². The molecule has 0 bridgehead atoms. The number of nitrogens with zero attached hydrogens (tertiary/aromatic N) is 5. The molecule has 0 radical (unpaired) electrons. The molecule has 2 aromatic rings. The summed E-state index contributed by atoms with van der Waals surface area (Å²) in [5.41, 5.74) is 5.58. The number of hydrogen-bond acceptors (Lipinski definition) is 7. The van der Waals surface area contributed by atoms with Crippen molar-refractivity contribution in [2.75, 3.05) is 18.1 Å². The van der Waals surface area contributed by atoms with E-state index in [2.05, 4.69) is 25.4 Å². The van der Waals surface area contributed by atoms with Crippen LogP contribution in [0.25, 0.3) is 0 Å². The Morgan fingerprint density at radius 1 is 1.44 bits per heavy atom. The van der Waals surface area contributed by atoms with E-state index in [9.17, 15) is 0 Å². The third-order valence-corrected chi connectivity index (χ3v) is 2.81. The third-order valence-electron chi connectivity index (χ3n) is 1.84. The molecule has 2 heterocycles. The van der Waals surface area contributed by atoms with Crippen molar-refractivity contribution in [1.82, 2.24) is 24.7 Å². The van der Waals surface area contributed by atoms with Crippen LogP contribution in [0.1, 0.15) is 0 Å². The quantitative estimate of drug-likeness (QED) is 0.745. The minimum absolute atomic E-state index is 0.233. The highest BCUT2D eigenvalue weighted by molar-refractivity contribution is 7.99. The van der Waals surface area contributed by atoms with E-state index in [-0.39, 0.29) is 5.95 Å². The molecule has 0 aliphatic carbocycles. The average molecular weight is 237 g/mol. The van der Waals surface area contributed by atoms with Gasteiger partial charge in [-0.25, -0.2) is 14.6 Å². The van der Waals surface area contributed by atoms with Crippen molar-refractivity contribution in [1.29, 1.82) is 0 Å². The van der Waals surface area contributed by atoms with Crippen LogP contribution in [0.15, 0.2) is 22.6 Å². The topological polar surface area (TPSA) is 94.5 Å². The highest BCUT2D eigenvalue weighted by Crippen LogP contribution is 2.25. The maximum absolute atomic E-state index is 5.58. The third kappa shape index (κ3) is 2.22. The van der Waals surface area contributed by atoms with Crippen molar-refractivity contribution < 1.29 is 0 Å². The van der Waals surface area contributed by atoms with E-state index in [1.165, 1.54) is 18.1 Å². The van der Waals surface area contributed by atoms with Crippen LogP contribution >= 0.6 is 11.8 Å². The highest BCUT2D eigenvalue weighted by atomic mass is 32.2. The molecule has 2 rings (SSSR count). The van der Waals surface area contributed by atoms with Gasteiger partial charge >= 0.3 is 0 Å². The highest BCUT2D eigenvalue weighted by Gasteiger charge is 2.07. The molecule has 0 saturated carbocycles. The van der Waals surface area contributed by atoms with E-state index in [0.29, 0.717) is 5.82 Å². The first-order chi connectivity index (χ1) is 7.69. The number of rotatable bonds is 3. The maximum Gasteiger partial charge on any atom is 0.223 e. The van der Waals surface area contributed by atoms with Crippen molar-refractivity contribution in [2.45, 2.75) is 10.2 Å². The molecule has 0 amide bonds. The minimum atomic E-state index is 0.233. The van der Waals surface area contributed by atoms with Gasteiger partial charge in [0, 0.05) is 20.2 Å². The van der Waals surface area contributed by atoms with Crippen molar-refractivity contribution in [3.8, 4) is 0 Å². The lowest BCUT2D eigenvalue weighted by Crippen LogP contribution is -2.01. The summed E-state index contributed by atoms with van der Waals surface area (Å²) in [5.74, 6) is 0.911. The largest absolute Gasteiger partial charge is 0.373 e. The predicted octanol–water partition coefficient (Wildman–Crippen LogP) is 0.380. The van der Waals surface area contributed by atoms with Gasteiger partial charge in [0.25, 0.3) is 0 Å². The molecule has 8 heteroatoms. The van der Waals surface area contributed by atoms with Crippen molar-refractivity contribution in [3.05, 3.63) is 12.4 Å². The molecule has 0 saturated heterocycles. The van der Waals surface area contributed by atoms with Crippen molar-refractivity contribution in [3.63, 3.8) is 0 Å². The lowest BCUT2D eigenvalue weighted by molar-refractivity contribution is 0.684. The zero-order valence-electron chi connectivity index (χ0n) is 8.88. The summed E-state index contributed by atoms with van der Waals surface area (Å²) in [6.45, 7) is 0. The Morgan fingerprint density at radius 2 is 2.25 bits per heavy atom. The smallest absolute Gasteiger partial charge is 0.223 e. The Hall–Kier alpha value is -1.83. The molecular formula is C8H11N7S. The van der Waals surface area contributed by atoms with Crippen molar-refractivity contribution in [2.24, 2.45) is 7.05 Å². The summed E-state index contributed by atoms with van der Waals surface area (Å²) in [5, 5.41) is 8.37. The fraction of sp³-hybridized carbons (Fsp3) is 0.250. The molecule has 7 nitrogen and oxygen atoms in total. The molecule has 3 N–H and O–H groups in total. The lowest BCUT2D eigenvalue weighted by Gasteiger charge is -2.04. The lowest BCUT2D eigenvalue weighted by atomic mass is 10.6. The summed E-state index contributed by atoms with van der Waals surface area (Å²) in [7, 11) is 3.59. The first kappa shape index (κ1) is 10.7. The summed E-state index contributed by atoms with van der Waals surface area (Å²) in [6, 6.07) is 1.80. The maximum atomic E-state index is 5.58. The zero-order valence-corrected chi connectivity index (χ0v) is 9.69. The van der Waals surface area contributed by atoms with Gasteiger partial charge in [-0.2, -0.15) is 10.1 Å². The van der Waals surface area contributed by atoms with E-state index < -0.39 is 0 Å². The van der Waals surface area contributed by atoms with E-state index in [1.54, 1.807) is 17.8 Å². The molecule has 0 unspecified atom stereocenters. The number of aromatic nitrogens is 5. The van der Waals surface area contributed by atoms with Crippen LogP contribution in [0, 0.1) is 0 Å². The summed E-state index contributed by atoms with van der Waals surface area (Å²) >= 11 is 1.38. The molecule has 2 aromatic heterocycles. The first-order valence-corrected chi connectivity index (χ1v) is 5.35. The van der Waals surface area contributed by atoms with Gasteiger partial charge in [-0.05, 0) is 11.8 Å². The molecular weight excluding hydrogens is 226 g/mol. The van der Waals surface area contributed by atoms with Crippen LogP contribution in [0.3, 0.4) is 0 Å². The number of nitrogens with one attached hydrogen (secondary N) is 1. The SMILES string of the molecule is CNc1cc(Sc2ncnn2C)nc(N)n1. The van der Waals surface area contributed by atoms with Gasteiger partial charge in [-0.1, -0.05) is 0 Å². The van der Waals surface area contributed by atoms with Gasteiger partial charge in [0.15, 0.2) is 5.16 Å². The predicted molar refractivity (Wildman–Crippen MR) is 61.1 cm³/mol. The number of nitrogen functional groups attached to an aromatic ring is 1.